The third-order valence-electron chi connectivity index (χ3n) is 4.68. The van der Waals surface area contributed by atoms with Gasteiger partial charge in [-0.1, -0.05) is 5.92 Å². The van der Waals surface area contributed by atoms with Crippen molar-refractivity contribution in [3.8, 4) is 23.7 Å². The van der Waals surface area contributed by atoms with Crippen LogP contribution in [0.25, 0.3) is 0 Å². The lowest BCUT2D eigenvalue weighted by Gasteiger charge is -2.30. The molecule has 0 aromatic heterocycles. The zero-order valence-electron chi connectivity index (χ0n) is 16.2. The van der Waals surface area contributed by atoms with Crippen molar-refractivity contribution >= 4 is 11.8 Å². The van der Waals surface area contributed by atoms with Crippen molar-refractivity contribution < 1.29 is 33.2 Å². The number of carbonyl (C=O) groups excluding carboxylic acids is 2. The van der Waals surface area contributed by atoms with Crippen LogP contribution in [0, 0.1) is 23.7 Å². The molecule has 1 aliphatic rings. The molecule has 2 amide bonds. The average molecular weight is 406 g/mol. The van der Waals surface area contributed by atoms with Crippen LogP contribution in [0.5, 0.6) is 0 Å². The summed E-state index contributed by atoms with van der Waals surface area (Å²) in [6.45, 7) is 1.67. The summed E-state index contributed by atoms with van der Waals surface area (Å²) in [4.78, 5) is 23.9. The molecular formula is C20H22F2N3O4+. The molecule has 1 saturated heterocycles. The molecule has 4 N–H and O–H groups in total. The molecule has 1 aliphatic heterocycles. The number of hydrogen-bond donors (Lipinski definition) is 4. The van der Waals surface area contributed by atoms with Crippen LogP contribution >= 0.6 is 0 Å². The number of benzene rings is 1. The lowest BCUT2D eigenvalue weighted by atomic mass is 9.95. The number of carbonyl (C=O) groups is 2. The van der Waals surface area contributed by atoms with Gasteiger partial charge in [-0.2, -0.15) is 0 Å². The minimum absolute atomic E-state index is 0.0551. The highest BCUT2D eigenvalue weighted by Gasteiger charge is 2.46. The molecule has 9 heteroatoms. The molecule has 0 spiro atoms. The van der Waals surface area contributed by atoms with Crippen LogP contribution in [-0.2, 0) is 4.79 Å². The largest absolute Gasteiger partial charge is 0.381 e. The van der Waals surface area contributed by atoms with E-state index < -0.39 is 29.9 Å². The predicted molar refractivity (Wildman–Crippen MR) is 99.7 cm³/mol. The van der Waals surface area contributed by atoms with E-state index in [-0.39, 0.29) is 5.56 Å². The highest BCUT2D eigenvalue weighted by molar-refractivity contribution is 5.97. The van der Waals surface area contributed by atoms with Gasteiger partial charge in [-0.05, 0) is 49.0 Å². The van der Waals surface area contributed by atoms with Gasteiger partial charge in [0.2, 0.25) is 6.04 Å². The van der Waals surface area contributed by atoms with Gasteiger partial charge in [-0.25, -0.2) is 14.3 Å². The fourth-order valence-corrected chi connectivity index (χ4v) is 2.43. The molecule has 0 radical (unpaired) electrons. The number of hydroxylamine groups is 1. The van der Waals surface area contributed by atoms with Crippen LogP contribution < -0.4 is 10.8 Å². The first-order chi connectivity index (χ1) is 13.5. The molecule has 154 valence electrons. The number of rotatable bonds is 5. The normalized spacial score (nSPS) is 19.5. The first-order valence-electron chi connectivity index (χ1n) is 8.68. The molecule has 0 aliphatic carbocycles. The average Bonchev–Trinajstić information content (AvgIpc) is 3.29. The maximum atomic E-state index is 13.0. The highest BCUT2D eigenvalue weighted by Crippen LogP contribution is 2.22. The van der Waals surface area contributed by atoms with E-state index in [0.29, 0.717) is 18.5 Å². The summed E-state index contributed by atoms with van der Waals surface area (Å²) in [5, 5.41) is 20.5. The third kappa shape index (κ3) is 5.52. The number of hydrogen-bond acceptors (Lipinski definition) is 4. The van der Waals surface area contributed by atoms with E-state index in [4.69, 9.17) is 5.21 Å². The summed E-state index contributed by atoms with van der Waals surface area (Å²) in [6, 6.07) is 4.07. The Morgan fingerprint density at radius 1 is 1.24 bits per heavy atom. The van der Waals surface area contributed by atoms with E-state index in [1.54, 1.807) is 0 Å². The second-order valence-corrected chi connectivity index (χ2v) is 7.48. The lowest BCUT2D eigenvalue weighted by molar-refractivity contribution is -0.763. The minimum Gasteiger partial charge on any atom is -0.381 e. The Hall–Kier alpha value is -2.98. The Labute approximate surface area is 167 Å². The SMILES string of the molecule is C[C@@](O)(C(F)F)[C@H](NC(=O)c1ccc(C#CC#CC2C[N+]2(C)C)cc1)C(=O)NO. The minimum atomic E-state index is -3.34. The van der Waals surface area contributed by atoms with E-state index in [2.05, 4.69) is 37.8 Å². The number of nitrogens with one attached hydrogen (secondary N) is 2. The molecule has 1 aromatic rings. The molecule has 0 saturated carbocycles. The van der Waals surface area contributed by atoms with Crippen molar-refractivity contribution in [1.82, 2.24) is 10.8 Å². The standard InChI is InChI=1S/C20H21F2N3O4/c1-20(28,19(21)22)16(18(27)24-29)23-17(26)14-10-8-13(9-11-14)6-4-5-7-15-12-25(15,2)3/h8-11,15-16,19,28H,12H2,1-3H3,(H2-,23,24,26,27,29)/p+1/t15?,16-,20+/m1/s1. The number of nitrogens with zero attached hydrogens (tertiary/aromatic N) is 1. The van der Waals surface area contributed by atoms with Crippen molar-refractivity contribution in [2.45, 2.75) is 31.0 Å². The van der Waals surface area contributed by atoms with Crippen LogP contribution in [-0.4, -0.2) is 71.4 Å². The van der Waals surface area contributed by atoms with Gasteiger partial charge in [0.25, 0.3) is 18.2 Å². The van der Waals surface area contributed by atoms with E-state index in [1.165, 1.54) is 24.3 Å². The van der Waals surface area contributed by atoms with E-state index in [0.717, 1.165) is 16.5 Å². The van der Waals surface area contributed by atoms with Crippen LogP contribution in [0.4, 0.5) is 8.78 Å². The lowest BCUT2D eigenvalue weighted by Crippen LogP contribution is -2.61. The first kappa shape index (κ1) is 22.3. The zero-order chi connectivity index (χ0) is 21.8. The highest BCUT2D eigenvalue weighted by atomic mass is 19.3. The zero-order valence-corrected chi connectivity index (χ0v) is 16.2. The smallest absolute Gasteiger partial charge is 0.269 e. The Bertz CT molecular complexity index is 906. The Balaban J connectivity index is 2.07. The van der Waals surface area contributed by atoms with E-state index in [9.17, 15) is 23.5 Å². The van der Waals surface area contributed by atoms with Gasteiger partial charge < -0.3 is 14.9 Å². The van der Waals surface area contributed by atoms with Crippen LogP contribution in [0.2, 0.25) is 0 Å². The van der Waals surface area contributed by atoms with Gasteiger partial charge in [-0.3, -0.25) is 14.8 Å². The Morgan fingerprint density at radius 2 is 1.83 bits per heavy atom. The van der Waals surface area contributed by atoms with Gasteiger partial charge in [0.1, 0.15) is 12.6 Å². The maximum Gasteiger partial charge on any atom is 0.269 e. The van der Waals surface area contributed by atoms with Crippen LogP contribution in [0.15, 0.2) is 24.3 Å². The van der Waals surface area contributed by atoms with E-state index in [1.807, 2.05) is 5.32 Å². The summed E-state index contributed by atoms with van der Waals surface area (Å²) in [5.74, 6) is 9.14. The summed E-state index contributed by atoms with van der Waals surface area (Å²) >= 11 is 0. The summed E-state index contributed by atoms with van der Waals surface area (Å²) in [7, 11) is 4.15. The molecule has 0 bridgehead atoms. The second-order valence-electron chi connectivity index (χ2n) is 7.48. The van der Waals surface area contributed by atoms with Crippen molar-refractivity contribution in [2.75, 3.05) is 20.6 Å². The topological polar surface area (TPSA) is 98.7 Å². The summed E-state index contributed by atoms with van der Waals surface area (Å²) in [5.41, 5.74) is -1.09. The number of aliphatic hydroxyl groups is 1. The number of amides is 2. The number of alkyl halides is 2. The molecule has 2 rings (SSSR count). The van der Waals surface area contributed by atoms with Crippen molar-refractivity contribution in [2.24, 2.45) is 0 Å². The fraction of sp³-hybridized carbons (Fsp3) is 0.400. The molecular weight excluding hydrogens is 384 g/mol. The third-order valence-corrected chi connectivity index (χ3v) is 4.68. The van der Waals surface area contributed by atoms with Crippen molar-refractivity contribution in [3.05, 3.63) is 35.4 Å². The molecule has 1 aromatic carbocycles. The van der Waals surface area contributed by atoms with Crippen LogP contribution in [0.3, 0.4) is 0 Å². The predicted octanol–water partition coefficient (Wildman–Crippen LogP) is 0.120. The number of likely N-dealkylation sites (N-methyl/N-ethyl adjacent to an activating group) is 1. The number of halogens is 2. The maximum absolute atomic E-state index is 13.0. The Kier molecular flexibility index (Phi) is 6.60. The van der Waals surface area contributed by atoms with Crippen molar-refractivity contribution in [3.63, 3.8) is 0 Å². The molecule has 7 nitrogen and oxygen atoms in total. The molecule has 1 fully saturated rings. The summed E-state index contributed by atoms with van der Waals surface area (Å²) in [6.07, 6.45) is -3.34. The van der Waals surface area contributed by atoms with Gasteiger partial charge >= 0.3 is 0 Å². The quantitative estimate of drug-likeness (QED) is 0.184. The van der Waals surface area contributed by atoms with Gasteiger partial charge in [0.15, 0.2) is 5.60 Å². The van der Waals surface area contributed by atoms with E-state index >= 15 is 0 Å². The van der Waals surface area contributed by atoms with Crippen molar-refractivity contribution in [1.29, 1.82) is 0 Å². The fourth-order valence-electron chi connectivity index (χ4n) is 2.43. The first-order valence-corrected chi connectivity index (χ1v) is 8.68. The van der Waals surface area contributed by atoms with Gasteiger partial charge in [0, 0.05) is 11.1 Å². The summed E-state index contributed by atoms with van der Waals surface area (Å²) < 4.78 is 26.9. The monoisotopic (exact) mass is 406 g/mol. The molecule has 29 heavy (non-hydrogen) atoms. The van der Waals surface area contributed by atoms with Gasteiger partial charge in [0.05, 0.1) is 14.1 Å². The van der Waals surface area contributed by atoms with Gasteiger partial charge in [-0.15, -0.1) is 0 Å². The molecule has 1 unspecified atom stereocenters. The molecule has 3 atom stereocenters. The van der Waals surface area contributed by atoms with Crippen LogP contribution in [0.1, 0.15) is 22.8 Å². The molecule has 1 heterocycles. The number of quaternary nitrogens is 1. The second kappa shape index (κ2) is 8.58. The Morgan fingerprint density at radius 3 is 2.31 bits per heavy atom.